The Morgan fingerprint density at radius 3 is 1.29 bits per heavy atom. The number of nitrogens with zero attached hydrogens (tertiary/aromatic N) is 4. The number of fused-ring (bicyclic) bond motifs is 2. The van der Waals surface area contributed by atoms with Crippen LogP contribution in [-0.2, 0) is 54.0 Å². The van der Waals surface area contributed by atoms with E-state index in [2.05, 4.69) is 95.6 Å². The van der Waals surface area contributed by atoms with Crippen molar-refractivity contribution in [1.29, 1.82) is 0 Å². The number of aromatic nitrogens is 4. The van der Waals surface area contributed by atoms with Crippen LogP contribution in [0.15, 0.2) is 89.9 Å². The highest BCUT2D eigenvalue weighted by Crippen LogP contribution is 2.43. The zero-order valence-corrected chi connectivity index (χ0v) is 43.7. The van der Waals surface area contributed by atoms with Crippen molar-refractivity contribution in [2.24, 2.45) is 0 Å². The molecule has 3 aliphatic heterocycles. The van der Waals surface area contributed by atoms with Crippen molar-refractivity contribution in [1.82, 2.24) is 19.9 Å². The van der Waals surface area contributed by atoms with Gasteiger partial charge in [-0.15, -0.1) is 0 Å². The zero-order chi connectivity index (χ0) is 49.6. The van der Waals surface area contributed by atoms with Gasteiger partial charge in [-0.3, -0.25) is 19.9 Å². The van der Waals surface area contributed by atoms with Crippen molar-refractivity contribution in [3.63, 3.8) is 0 Å². The van der Waals surface area contributed by atoms with Crippen molar-refractivity contribution >= 4 is 64.3 Å². The van der Waals surface area contributed by atoms with E-state index in [1.165, 1.54) is 16.7 Å². The molecule has 16 heteroatoms. The molecule has 2 N–H and O–H groups in total. The first-order valence-corrected chi connectivity index (χ1v) is 24.1. The highest BCUT2D eigenvalue weighted by Gasteiger charge is 2.63. The van der Waals surface area contributed by atoms with Crippen molar-refractivity contribution < 1.29 is 38.1 Å². The van der Waals surface area contributed by atoms with Crippen molar-refractivity contribution in [3.05, 3.63) is 135 Å². The second-order valence-electron chi connectivity index (χ2n) is 21.0. The lowest BCUT2D eigenvalue weighted by molar-refractivity contribution is 0.00578. The van der Waals surface area contributed by atoms with Crippen LogP contribution in [0.5, 0.6) is 0 Å². The molecule has 0 saturated carbocycles. The summed E-state index contributed by atoms with van der Waals surface area (Å²) >= 11 is 3.56. The maximum Gasteiger partial charge on any atom is 0.495 e. The molecule has 0 spiro atoms. The molecular weight excluding hydrogens is 921 g/mol. The van der Waals surface area contributed by atoms with Gasteiger partial charge >= 0.3 is 21.1 Å². The van der Waals surface area contributed by atoms with Crippen LogP contribution in [-0.4, -0.2) is 84.9 Å². The van der Waals surface area contributed by atoms with Crippen molar-refractivity contribution in [3.8, 4) is 0 Å². The Morgan fingerprint density at radius 1 is 0.500 bits per heavy atom. The third-order valence-electron chi connectivity index (χ3n) is 14.7. The highest BCUT2D eigenvalue weighted by molar-refractivity contribution is 9.10. The standard InChI is InChI=1S/C23H27BN2O3.C17H15BrN2O.C12H24B2O4/c1-15-17(7-6-8-19(15)24-28-22(2,3)23(4,5)29-24)12-20-21-18(9-10-25-20)11-16(14-27)13-26-21;1-11-13(3-2-4-15(11)18)8-16-17-14(5-6-19-16)7-12(10-21)9-20-17;1-9(2)10(3,4)16-13(15-9)14-17-11(5,6)12(7,8)18-14/h6-11,13,27H,12,14H2,1-5H3;2-7,9,21H,8,10H2,1H3;1-8H3. The fourth-order valence-electron chi connectivity index (χ4n) is 8.08. The average molecular weight is 987 g/mol. The Hall–Kier alpha value is -4.09. The maximum atomic E-state index is 9.37. The summed E-state index contributed by atoms with van der Waals surface area (Å²) in [7, 11) is -1.34. The molecule has 4 aromatic heterocycles. The summed E-state index contributed by atoms with van der Waals surface area (Å²) in [5.41, 5.74) is 8.91. The minimum absolute atomic E-state index is 0.00529. The van der Waals surface area contributed by atoms with Crippen LogP contribution in [0.4, 0.5) is 0 Å². The zero-order valence-electron chi connectivity index (χ0n) is 42.2. The summed E-state index contributed by atoms with van der Waals surface area (Å²) in [6.07, 6.45) is 8.43. The third kappa shape index (κ3) is 10.6. The van der Waals surface area contributed by atoms with Crippen LogP contribution in [0, 0.1) is 13.8 Å². The van der Waals surface area contributed by atoms with E-state index in [9.17, 15) is 10.2 Å². The van der Waals surface area contributed by atoms with Crippen LogP contribution >= 0.6 is 15.9 Å². The number of aliphatic hydroxyl groups is 2. The molecule has 12 nitrogen and oxygen atoms in total. The number of halogens is 1. The van der Waals surface area contributed by atoms with Gasteiger partial charge in [0, 0.05) is 52.9 Å². The topological polar surface area (TPSA) is 147 Å². The molecule has 68 heavy (non-hydrogen) atoms. The van der Waals surface area contributed by atoms with Gasteiger partial charge < -0.3 is 38.1 Å². The second-order valence-corrected chi connectivity index (χ2v) is 21.9. The summed E-state index contributed by atoms with van der Waals surface area (Å²) < 4.78 is 37.5. The van der Waals surface area contributed by atoms with E-state index >= 15 is 0 Å². The summed E-state index contributed by atoms with van der Waals surface area (Å²) in [4.78, 5) is 18.1. The molecule has 7 heterocycles. The van der Waals surface area contributed by atoms with Crippen molar-refractivity contribution in [2.75, 3.05) is 0 Å². The van der Waals surface area contributed by atoms with Gasteiger partial charge in [0.05, 0.1) is 69.2 Å². The maximum absolute atomic E-state index is 9.37. The van der Waals surface area contributed by atoms with Gasteiger partial charge in [0.25, 0.3) is 0 Å². The Bertz CT molecular complexity index is 2710. The van der Waals surface area contributed by atoms with E-state index in [4.69, 9.17) is 27.9 Å². The predicted molar refractivity (Wildman–Crippen MR) is 274 cm³/mol. The average Bonchev–Trinajstić information content (AvgIpc) is 3.75. The smallest absolute Gasteiger partial charge is 0.405 e. The third-order valence-corrected chi connectivity index (χ3v) is 15.5. The van der Waals surface area contributed by atoms with Crippen molar-refractivity contribution in [2.45, 2.75) is 157 Å². The van der Waals surface area contributed by atoms with E-state index in [0.717, 1.165) is 66.2 Å². The fourth-order valence-corrected chi connectivity index (χ4v) is 8.49. The highest BCUT2D eigenvalue weighted by atomic mass is 79.9. The second kappa shape index (κ2) is 19.6. The molecular formula is C52H66B3BrN4O8. The van der Waals surface area contributed by atoms with E-state index in [0.29, 0.717) is 6.42 Å². The molecule has 0 radical (unpaired) electrons. The Labute approximate surface area is 411 Å². The van der Waals surface area contributed by atoms with Crippen LogP contribution in [0.3, 0.4) is 0 Å². The van der Waals surface area contributed by atoms with E-state index in [1.807, 2.05) is 97.9 Å². The number of hydrogen-bond acceptors (Lipinski definition) is 12. The molecule has 9 rings (SSSR count). The van der Waals surface area contributed by atoms with Crippen LogP contribution < -0.4 is 5.46 Å². The minimum atomic E-state index is -0.476. The molecule has 3 aliphatic rings. The molecule has 0 bridgehead atoms. The first-order valence-electron chi connectivity index (χ1n) is 23.3. The number of pyridine rings is 4. The first kappa shape index (κ1) is 51.8. The number of aliphatic hydroxyl groups excluding tert-OH is 2. The first-order chi connectivity index (χ1) is 31.8. The number of hydrogen-bond donors (Lipinski definition) is 2. The molecule has 2 aromatic carbocycles. The lowest BCUT2D eigenvalue weighted by Gasteiger charge is -2.32. The largest absolute Gasteiger partial charge is 0.495 e. The summed E-state index contributed by atoms with van der Waals surface area (Å²) in [5, 5.41) is 20.6. The molecule has 0 atom stereocenters. The minimum Gasteiger partial charge on any atom is -0.405 e. The number of benzene rings is 2. The predicted octanol–water partition coefficient (Wildman–Crippen LogP) is 9.35. The molecule has 0 amide bonds. The number of rotatable bonds is 8. The molecule has 3 fully saturated rings. The lowest BCUT2D eigenvalue weighted by Crippen LogP contribution is -2.41. The monoisotopic (exact) mass is 986 g/mol. The quantitative estimate of drug-likeness (QED) is 0.140. The lowest BCUT2D eigenvalue weighted by atomic mass is 9.49. The van der Waals surface area contributed by atoms with Crippen LogP contribution in [0.25, 0.3) is 21.8 Å². The van der Waals surface area contributed by atoms with Gasteiger partial charge in [0.15, 0.2) is 0 Å². The fraction of sp³-hybridized carbons (Fsp3) is 0.462. The Morgan fingerprint density at radius 2 is 0.882 bits per heavy atom. The summed E-state index contributed by atoms with van der Waals surface area (Å²) in [6, 6.07) is 20.2. The van der Waals surface area contributed by atoms with E-state index < -0.39 is 14.0 Å². The van der Waals surface area contributed by atoms with Crippen LogP contribution in [0.1, 0.15) is 128 Å². The van der Waals surface area contributed by atoms with Gasteiger partial charge in [0.2, 0.25) is 0 Å². The van der Waals surface area contributed by atoms with Gasteiger partial charge in [-0.25, -0.2) is 0 Å². The Kier molecular flexibility index (Phi) is 14.9. The van der Waals surface area contributed by atoms with E-state index in [1.54, 1.807) is 24.8 Å². The Balaban J connectivity index is 0.000000156. The SMILES string of the molecule is CC1(C)OB(B2OC(C)(C)C(C)(C)O2)OC1(C)C.Cc1c(Br)cccc1Cc1nccc2cc(CO)cnc12.Cc1c(Cc2nccc3cc(CO)cnc23)cccc1B1OC(C)(C)C(C)(C)O1. The molecule has 6 aromatic rings. The molecule has 0 unspecified atom stereocenters. The molecule has 3 saturated heterocycles. The summed E-state index contributed by atoms with van der Waals surface area (Å²) in [6.45, 7) is 28.7. The normalized spacial score (nSPS) is 19.5. The van der Waals surface area contributed by atoms with Crippen LogP contribution in [0.2, 0.25) is 0 Å². The van der Waals surface area contributed by atoms with Gasteiger partial charge in [-0.05, 0) is 166 Å². The van der Waals surface area contributed by atoms with E-state index in [-0.39, 0.29) is 53.9 Å². The van der Waals surface area contributed by atoms with Gasteiger partial charge in [-0.1, -0.05) is 46.3 Å². The molecule has 358 valence electrons. The van der Waals surface area contributed by atoms with Gasteiger partial charge in [0.1, 0.15) is 0 Å². The summed E-state index contributed by atoms with van der Waals surface area (Å²) in [5.74, 6) is 0. The van der Waals surface area contributed by atoms with Gasteiger partial charge in [-0.2, -0.15) is 0 Å². The molecule has 0 aliphatic carbocycles.